The molecule has 1 aliphatic rings. The highest BCUT2D eigenvalue weighted by Gasteiger charge is 2.33. The van der Waals surface area contributed by atoms with Crippen LogP contribution in [-0.2, 0) is 27.2 Å². The Morgan fingerprint density at radius 2 is 1.69 bits per heavy atom. The van der Waals surface area contributed by atoms with Gasteiger partial charge in [-0.05, 0) is 78.4 Å². The zero-order valence-electron chi connectivity index (χ0n) is 23.5. The van der Waals surface area contributed by atoms with E-state index in [1.54, 1.807) is 38.3 Å². The Balaban J connectivity index is 1.41. The molecular weight excluding hydrogens is 569 g/mol. The Morgan fingerprint density at radius 3 is 2.24 bits per heavy atom. The number of ether oxygens (including phenoxy) is 1. The summed E-state index contributed by atoms with van der Waals surface area (Å²) in [5.41, 5.74) is 2.06. The van der Waals surface area contributed by atoms with E-state index in [1.807, 2.05) is 12.1 Å². The molecule has 2 unspecified atom stereocenters. The van der Waals surface area contributed by atoms with E-state index in [0.29, 0.717) is 30.7 Å². The average Bonchev–Trinajstić information content (AvgIpc) is 3.37. The van der Waals surface area contributed by atoms with Crippen molar-refractivity contribution in [3.63, 3.8) is 0 Å². The molecule has 0 radical (unpaired) electrons. The van der Waals surface area contributed by atoms with Crippen molar-refractivity contribution >= 4 is 21.4 Å². The van der Waals surface area contributed by atoms with Crippen LogP contribution in [0.1, 0.15) is 46.4 Å². The van der Waals surface area contributed by atoms with E-state index in [1.165, 1.54) is 24.3 Å². The van der Waals surface area contributed by atoms with E-state index in [4.69, 9.17) is 4.74 Å². The molecule has 3 aromatic carbocycles. The van der Waals surface area contributed by atoms with Crippen molar-refractivity contribution in [2.24, 2.45) is 5.92 Å². The second-order valence-corrected chi connectivity index (χ2v) is 12.8. The van der Waals surface area contributed by atoms with Crippen LogP contribution in [0.25, 0.3) is 0 Å². The number of anilines is 1. The van der Waals surface area contributed by atoms with Gasteiger partial charge in [-0.25, -0.2) is 8.42 Å². The van der Waals surface area contributed by atoms with Crippen molar-refractivity contribution in [3.8, 4) is 0 Å². The molecule has 1 aliphatic heterocycles. The first-order chi connectivity index (χ1) is 19.9. The van der Waals surface area contributed by atoms with Crippen molar-refractivity contribution in [2.45, 2.75) is 42.9 Å². The Kier molecular flexibility index (Phi) is 9.96. The van der Waals surface area contributed by atoms with Gasteiger partial charge in [0.15, 0.2) is 9.84 Å². The first kappa shape index (κ1) is 31.5. The highest BCUT2D eigenvalue weighted by atomic mass is 32.2. The van der Waals surface area contributed by atoms with Crippen molar-refractivity contribution in [1.82, 2.24) is 5.32 Å². The Labute approximate surface area is 244 Å². The van der Waals surface area contributed by atoms with Crippen molar-refractivity contribution < 1.29 is 36.2 Å². The number of rotatable bonds is 11. The molecule has 1 amide bonds. The van der Waals surface area contributed by atoms with Gasteiger partial charge in [-0.3, -0.25) is 4.79 Å². The van der Waals surface area contributed by atoms with Gasteiger partial charge in [-0.1, -0.05) is 31.2 Å². The third-order valence-corrected chi connectivity index (χ3v) is 9.39. The molecule has 11 heteroatoms. The molecule has 1 saturated heterocycles. The van der Waals surface area contributed by atoms with Crippen molar-refractivity contribution in [3.05, 3.63) is 95.1 Å². The maximum Gasteiger partial charge on any atom is 0.416 e. The molecular formula is C31H35F3N2O5S. The normalized spacial score (nSPS) is 18.2. The average molecular weight is 605 g/mol. The highest BCUT2D eigenvalue weighted by Crippen LogP contribution is 2.33. The summed E-state index contributed by atoms with van der Waals surface area (Å²) in [5.74, 6) is -0.193. The van der Waals surface area contributed by atoms with E-state index in [2.05, 4.69) is 10.2 Å². The van der Waals surface area contributed by atoms with Gasteiger partial charge >= 0.3 is 6.18 Å². The van der Waals surface area contributed by atoms with Crippen LogP contribution in [-0.4, -0.2) is 58.1 Å². The smallest absolute Gasteiger partial charge is 0.394 e. The molecule has 226 valence electrons. The topological polar surface area (TPSA) is 95.9 Å². The van der Waals surface area contributed by atoms with Crippen molar-refractivity contribution in [2.75, 3.05) is 37.5 Å². The number of aliphatic hydroxyl groups excluding tert-OH is 1. The lowest BCUT2D eigenvalue weighted by atomic mass is 9.96. The first-order valence-electron chi connectivity index (χ1n) is 13.7. The van der Waals surface area contributed by atoms with E-state index in [9.17, 15) is 31.5 Å². The predicted octanol–water partition coefficient (Wildman–Crippen LogP) is 5.05. The molecule has 1 fully saturated rings. The van der Waals surface area contributed by atoms with Gasteiger partial charge in [0.05, 0.1) is 41.5 Å². The molecule has 7 nitrogen and oxygen atoms in total. The number of nitrogens with one attached hydrogen (secondary N) is 1. The summed E-state index contributed by atoms with van der Waals surface area (Å²) >= 11 is 0. The number of methoxy groups -OCH3 is 1. The maximum absolute atomic E-state index is 13.0. The predicted molar refractivity (Wildman–Crippen MR) is 154 cm³/mol. The van der Waals surface area contributed by atoms with Crippen LogP contribution in [0, 0.1) is 5.92 Å². The Hall–Kier alpha value is -3.41. The number of benzene rings is 3. The number of halogens is 3. The van der Waals surface area contributed by atoms with Crippen LogP contribution < -0.4 is 10.2 Å². The largest absolute Gasteiger partial charge is 0.416 e. The van der Waals surface area contributed by atoms with Gasteiger partial charge in [0, 0.05) is 24.9 Å². The molecule has 3 aromatic rings. The van der Waals surface area contributed by atoms with Gasteiger partial charge in [-0.15, -0.1) is 0 Å². The number of amides is 1. The van der Waals surface area contributed by atoms with E-state index >= 15 is 0 Å². The Morgan fingerprint density at radius 1 is 1.05 bits per heavy atom. The molecule has 2 N–H and O–H groups in total. The number of hydrogen-bond acceptors (Lipinski definition) is 6. The summed E-state index contributed by atoms with van der Waals surface area (Å²) in [4.78, 5) is 15.4. The lowest BCUT2D eigenvalue weighted by molar-refractivity contribution is -0.137. The second-order valence-electron chi connectivity index (χ2n) is 10.5. The molecule has 0 bridgehead atoms. The molecule has 0 aromatic heterocycles. The van der Waals surface area contributed by atoms with Gasteiger partial charge in [0.2, 0.25) is 0 Å². The quantitative estimate of drug-likeness (QED) is 0.318. The standard InChI is InChI=1S/C31H35F3N2O5S/c1-3-42(39,40)28-14-8-23(9-15-28)29(19-37)35-30(38)24-6-12-26(13-7-24)36-18-22(17-27(36)20-41-2)16-21-4-10-25(11-5-21)31(32,33)34/h4-15,22,27,29,37H,3,16-20H2,1-2H3,(H,35,38)/t22?,27-,29?/m0/s1. The van der Waals surface area contributed by atoms with Crippen LogP contribution in [0.4, 0.5) is 18.9 Å². The molecule has 4 rings (SSSR count). The highest BCUT2D eigenvalue weighted by molar-refractivity contribution is 7.91. The van der Waals surface area contributed by atoms with Crippen LogP contribution in [0.3, 0.4) is 0 Å². The SMILES string of the molecule is CCS(=O)(=O)c1ccc(C(CO)NC(=O)c2ccc(N3CC(Cc4ccc(C(F)(F)F)cc4)C[C@H]3COC)cc2)cc1. The zero-order chi connectivity index (χ0) is 30.5. The molecule has 42 heavy (non-hydrogen) atoms. The molecule has 0 spiro atoms. The third kappa shape index (κ3) is 7.50. The van der Waals surface area contributed by atoms with E-state index in [-0.39, 0.29) is 35.1 Å². The van der Waals surface area contributed by atoms with Crippen LogP contribution >= 0.6 is 0 Å². The number of carbonyl (C=O) groups excluding carboxylic acids is 1. The minimum Gasteiger partial charge on any atom is -0.394 e. The second kappa shape index (κ2) is 13.3. The lowest BCUT2D eigenvalue weighted by Gasteiger charge is -2.26. The molecule has 0 saturated carbocycles. The van der Waals surface area contributed by atoms with Gasteiger partial charge in [0.1, 0.15) is 0 Å². The summed E-state index contributed by atoms with van der Waals surface area (Å²) in [7, 11) is -1.73. The van der Waals surface area contributed by atoms with E-state index < -0.39 is 27.6 Å². The summed E-state index contributed by atoms with van der Waals surface area (Å²) in [5, 5.41) is 12.7. The van der Waals surface area contributed by atoms with Gasteiger partial charge < -0.3 is 20.1 Å². The monoisotopic (exact) mass is 604 g/mol. The number of alkyl halides is 3. The molecule has 1 heterocycles. The fourth-order valence-electron chi connectivity index (χ4n) is 5.35. The van der Waals surface area contributed by atoms with Crippen LogP contribution in [0.15, 0.2) is 77.7 Å². The summed E-state index contributed by atoms with van der Waals surface area (Å²) in [6.45, 7) is 2.38. The number of sulfone groups is 1. The fraction of sp³-hybridized carbons (Fsp3) is 0.387. The zero-order valence-corrected chi connectivity index (χ0v) is 24.3. The van der Waals surface area contributed by atoms with Gasteiger partial charge in [-0.2, -0.15) is 13.2 Å². The number of hydrogen-bond donors (Lipinski definition) is 2. The third-order valence-electron chi connectivity index (χ3n) is 7.64. The minimum absolute atomic E-state index is 0.0219. The first-order valence-corrected chi connectivity index (χ1v) is 15.4. The van der Waals surface area contributed by atoms with Crippen molar-refractivity contribution in [1.29, 1.82) is 0 Å². The number of aliphatic hydroxyl groups is 1. The minimum atomic E-state index is -4.36. The maximum atomic E-state index is 13.0. The lowest BCUT2D eigenvalue weighted by Crippen LogP contribution is -2.33. The summed E-state index contributed by atoms with van der Waals surface area (Å²) < 4.78 is 68.3. The molecule has 0 aliphatic carbocycles. The number of nitrogens with zero attached hydrogens (tertiary/aromatic N) is 1. The van der Waals surface area contributed by atoms with Crippen LogP contribution in [0.2, 0.25) is 0 Å². The fourth-order valence-corrected chi connectivity index (χ4v) is 6.23. The van der Waals surface area contributed by atoms with E-state index in [0.717, 1.165) is 29.8 Å². The van der Waals surface area contributed by atoms with Gasteiger partial charge in [0.25, 0.3) is 5.91 Å². The number of carbonyl (C=O) groups is 1. The Bertz CT molecular complexity index is 1440. The summed E-state index contributed by atoms with van der Waals surface area (Å²) in [6, 6.07) is 17.8. The summed E-state index contributed by atoms with van der Waals surface area (Å²) in [6.07, 6.45) is -2.91. The van der Waals surface area contributed by atoms with Crippen LogP contribution in [0.5, 0.6) is 0 Å². The molecule has 3 atom stereocenters.